The van der Waals surface area contributed by atoms with Crippen LogP contribution in [0.4, 0.5) is 0 Å². The summed E-state index contributed by atoms with van der Waals surface area (Å²) in [5, 5.41) is 2.99. The van der Waals surface area contributed by atoms with Gasteiger partial charge in [-0.05, 0) is 57.2 Å². The molecule has 118 valence electrons. The van der Waals surface area contributed by atoms with Crippen molar-refractivity contribution in [2.24, 2.45) is 0 Å². The molecule has 6 heteroatoms. The van der Waals surface area contributed by atoms with Crippen molar-refractivity contribution in [1.82, 2.24) is 9.88 Å². The summed E-state index contributed by atoms with van der Waals surface area (Å²) < 4.78 is 6.26. The van der Waals surface area contributed by atoms with Crippen molar-refractivity contribution in [2.45, 2.75) is 6.54 Å². The van der Waals surface area contributed by atoms with E-state index in [0.29, 0.717) is 12.2 Å². The molecule has 23 heavy (non-hydrogen) atoms. The zero-order valence-corrected chi connectivity index (χ0v) is 15.1. The Labute approximate surface area is 146 Å². The molecule has 0 unspecified atom stereocenters. The number of nitrogens with zero attached hydrogens (tertiary/aromatic N) is 2. The van der Waals surface area contributed by atoms with E-state index >= 15 is 0 Å². The summed E-state index contributed by atoms with van der Waals surface area (Å²) in [5.74, 6) is 0.684. The van der Waals surface area contributed by atoms with Crippen LogP contribution < -0.4 is 4.74 Å². The summed E-state index contributed by atoms with van der Waals surface area (Å²) in [4.78, 5) is 18.7. The van der Waals surface area contributed by atoms with Gasteiger partial charge in [-0.25, -0.2) is 4.98 Å². The SMILES string of the molecule is COc1ccc2nc(C(=O)N(C)Cc3csc(Br)c3)ccc2c1. The molecule has 0 fully saturated rings. The highest BCUT2D eigenvalue weighted by Gasteiger charge is 2.14. The zero-order chi connectivity index (χ0) is 16.4. The fraction of sp³-hybridized carbons (Fsp3) is 0.176. The second-order valence-electron chi connectivity index (χ2n) is 5.18. The lowest BCUT2D eigenvalue weighted by atomic mass is 10.2. The van der Waals surface area contributed by atoms with E-state index in [-0.39, 0.29) is 5.91 Å². The summed E-state index contributed by atoms with van der Waals surface area (Å²) in [6.07, 6.45) is 0. The molecular weight excluding hydrogens is 376 g/mol. The van der Waals surface area contributed by atoms with Gasteiger partial charge in [0.1, 0.15) is 11.4 Å². The van der Waals surface area contributed by atoms with E-state index in [1.807, 2.05) is 35.7 Å². The van der Waals surface area contributed by atoms with Crippen LogP contribution in [0, 0.1) is 0 Å². The summed E-state index contributed by atoms with van der Waals surface area (Å²) in [6, 6.07) is 11.3. The Hall–Kier alpha value is -1.92. The van der Waals surface area contributed by atoms with Crippen LogP contribution in [0.5, 0.6) is 5.75 Å². The fourth-order valence-corrected chi connectivity index (χ4v) is 3.52. The monoisotopic (exact) mass is 390 g/mol. The number of hydrogen-bond acceptors (Lipinski definition) is 4. The van der Waals surface area contributed by atoms with Gasteiger partial charge in [-0.15, -0.1) is 11.3 Å². The third-order valence-corrected chi connectivity index (χ3v) is 5.06. The van der Waals surface area contributed by atoms with Gasteiger partial charge in [0.2, 0.25) is 0 Å². The lowest BCUT2D eigenvalue weighted by Crippen LogP contribution is -2.26. The Morgan fingerprint density at radius 1 is 1.30 bits per heavy atom. The van der Waals surface area contributed by atoms with Crippen LogP contribution in [0.25, 0.3) is 10.9 Å². The molecule has 3 rings (SSSR count). The zero-order valence-electron chi connectivity index (χ0n) is 12.7. The van der Waals surface area contributed by atoms with Crippen LogP contribution in [-0.2, 0) is 6.54 Å². The molecule has 0 bridgehead atoms. The Kier molecular flexibility index (Phi) is 4.63. The van der Waals surface area contributed by atoms with Gasteiger partial charge >= 0.3 is 0 Å². The van der Waals surface area contributed by atoms with Gasteiger partial charge in [0.25, 0.3) is 5.91 Å². The molecule has 2 heterocycles. The van der Waals surface area contributed by atoms with Crippen LogP contribution in [0.1, 0.15) is 16.1 Å². The Morgan fingerprint density at radius 2 is 2.13 bits per heavy atom. The van der Waals surface area contributed by atoms with Crippen molar-refractivity contribution in [3.63, 3.8) is 0 Å². The van der Waals surface area contributed by atoms with Crippen LogP contribution in [-0.4, -0.2) is 29.9 Å². The molecule has 0 N–H and O–H groups in total. The maximum Gasteiger partial charge on any atom is 0.272 e. The predicted molar refractivity (Wildman–Crippen MR) is 96.1 cm³/mol. The van der Waals surface area contributed by atoms with E-state index in [0.717, 1.165) is 26.0 Å². The molecule has 3 aromatic rings. The number of hydrogen-bond donors (Lipinski definition) is 0. The number of carbonyl (C=O) groups excluding carboxylic acids is 1. The maximum atomic E-state index is 12.6. The first-order valence-electron chi connectivity index (χ1n) is 7.00. The number of carbonyl (C=O) groups is 1. The molecule has 0 saturated heterocycles. The molecular formula is C17H15BrN2O2S. The van der Waals surface area contributed by atoms with Gasteiger partial charge in [-0.2, -0.15) is 0 Å². The lowest BCUT2D eigenvalue weighted by molar-refractivity contribution is 0.0780. The third-order valence-electron chi connectivity index (χ3n) is 3.50. The molecule has 0 spiro atoms. The van der Waals surface area contributed by atoms with Gasteiger partial charge in [0.05, 0.1) is 16.4 Å². The quantitative estimate of drug-likeness (QED) is 0.665. The first kappa shape index (κ1) is 16.0. The van der Waals surface area contributed by atoms with E-state index in [9.17, 15) is 4.79 Å². The molecule has 1 amide bonds. The topological polar surface area (TPSA) is 42.4 Å². The highest BCUT2D eigenvalue weighted by molar-refractivity contribution is 9.11. The van der Waals surface area contributed by atoms with Crippen molar-refractivity contribution >= 4 is 44.1 Å². The van der Waals surface area contributed by atoms with Crippen LogP contribution in [0.3, 0.4) is 0 Å². The smallest absolute Gasteiger partial charge is 0.272 e. The number of aromatic nitrogens is 1. The summed E-state index contributed by atoms with van der Waals surface area (Å²) in [6.45, 7) is 0.559. The van der Waals surface area contributed by atoms with Gasteiger partial charge in [0, 0.05) is 19.0 Å². The third kappa shape index (κ3) is 3.54. The molecule has 0 aliphatic carbocycles. The van der Waals surface area contributed by atoms with E-state index in [4.69, 9.17) is 4.74 Å². The van der Waals surface area contributed by atoms with Crippen molar-refractivity contribution in [2.75, 3.05) is 14.2 Å². The largest absolute Gasteiger partial charge is 0.497 e. The first-order valence-corrected chi connectivity index (χ1v) is 8.67. The number of halogens is 1. The molecule has 2 aromatic heterocycles. The number of ether oxygens (including phenoxy) is 1. The van der Waals surface area contributed by atoms with Crippen LogP contribution in [0.2, 0.25) is 0 Å². The van der Waals surface area contributed by atoms with Crippen LogP contribution in [0.15, 0.2) is 45.6 Å². The van der Waals surface area contributed by atoms with Crippen molar-refractivity contribution in [1.29, 1.82) is 0 Å². The van der Waals surface area contributed by atoms with Gasteiger partial charge in [-0.3, -0.25) is 4.79 Å². The normalized spacial score (nSPS) is 10.7. The minimum absolute atomic E-state index is 0.0926. The van der Waals surface area contributed by atoms with Gasteiger partial charge in [0.15, 0.2) is 0 Å². The molecule has 0 aliphatic rings. The first-order chi connectivity index (χ1) is 11.1. The lowest BCUT2D eigenvalue weighted by Gasteiger charge is -2.16. The predicted octanol–water partition coefficient (Wildman–Crippen LogP) is 4.34. The summed E-state index contributed by atoms with van der Waals surface area (Å²) >= 11 is 5.05. The number of amides is 1. The molecule has 0 saturated carbocycles. The minimum Gasteiger partial charge on any atom is -0.497 e. The highest BCUT2D eigenvalue weighted by Crippen LogP contribution is 2.23. The van der Waals surface area contributed by atoms with Crippen molar-refractivity contribution < 1.29 is 9.53 Å². The average Bonchev–Trinajstić information content (AvgIpc) is 2.97. The standard InChI is InChI=1S/C17H15BrN2O2S/c1-20(9-11-7-16(18)23-10-11)17(21)15-5-3-12-8-13(22-2)4-6-14(12)19-15/h3-8,10H,9H2,1-2H3. The number of pyridine rings is 1. The van der Waals surface area contributed by atoms with Gasteiger partial charge < -0.3 is 9.64 Å². The molecule has 4 nitrogen and oxygen atoms in total. The number of rotatable bonds is 4. The summed E-state index contributed by atoms with van der Waals surface area (Å²) in [5.41, 5.74) is 2.33. The van der Waals surface area contributed by atoms with Crippen LogP contribution >= 0.6 is 27.3 Å². The molecule has 0 atom stereocenters. The van der Waals surface area contributed by atoms with Crippen molar-refractivity contribution in [3.05, 3.63) is 56.8 Å². The highest BCUT2D eigenvalue weighted by atomic mass is 79.9. The van der Waals surface area contributed by atoms with Crippen molar-refractivity contribution in [3.8, 4) is 5.75 Å². The Balaban J connectivity index is 1.82. The Bertz CT molecular complexity index is 863. The second kappa shape index (κ2) is 6.68. The van der Waals surface area contributed by atoms with Gasteiger partial charge in [-0.1, -0.05) is 6.07 Å². The molecule has 1 aromatic carbocycles. The van der Waals surface area contributed by atoms with E-state index in [1.54, 1.807) is 36.5 Å². The average molecular weight is 391 g/mol. The molecule has 0 radical (unpaired) electrons. The number of benzene rings is 1. The van der Waals surface area contributed by atoms with E-state index in [2.05, 4.69) is 20.9 Å². The minimum atomic E-state index is -0.0926. The fourth-order valence-electron chi connectivity index (χ4n) is 2.32. The number of methoxy groups -OCH3 is 1. The number of thiophene rings is 1. The maximum absolute atomic E-state index is 12.6. The van der Waals surface area contributed by atoms with E-state index < -0.39 is 0 Å². The van der Waals surface area contributed by atoms with E-state index in [1.165, 1.54) is 0 Å². The Morgan fingerprint density at radius 3 is 2.83 bits per heavy atom. The number of fused-ring (bicyclic) bond motifs is 1. The molecule has 0 aliphatic heterocycles. The second-order valence-corrected chi connectivity index (χ2v) is 7.47. The summed E-state index contributed by atoms with van der Waals surface area (Å²) in [7, 11) is 3.41.